The summed E-state index contributed by atoms with van der Waals surface area (Å²) in [5.41, 5.74) is 7.70. The third-order valence-electron chi connectivity index (χ3n) is 9.80. The number of hydrogen-bond donors (Lipinski definition) is 0. The van der Waals surface area contributed by atoms with Crippen molar-refractivity contribution in [3.63, 3.8) is 0 Å². The third kappa shape index (κ3) is 4.11. The summed E-state index contributed by atoms with van der Waals surface area (Å²) >= 11 is 0. The molecule has 0 N–H and O–H groups in total. The predicted molar refractivity (Wildman–Crippen MR) is 202 cm³/mol. The largest absolute Gasteiger partial charge is 0.493 e. The van der Waals surface area contributed by atoms with Crippen molar-refractivity contribution in [1.82, 2.24) is 9.80 Å². The number of fused-ring (bicyclic) bond motifs is 2. The maximum Gasteiger partial charge on any atom is 0.128 e. The van der Waals surface area contributed by atoms with Crippen molar-refractivity contribution >= 4 is 65.9 Å². The average molecular weight is 643 g/mol. The van der Waals surface area contributed by atoms with Crippen molar-refractivity contribution in [2.24, 2.45) is 0 Å². The second-order valence-electron chi connectivity index (χ2n) is 13.1. The zero-order valence-electron chi connectivity index (χ0n) is 29.6. The third-order valence-corrected chi connectivity index (χ3v) is 9.80. The van der Waals surface area contributed by atoms with Gasteiger partial charge < -0.3 is 28.7 Å². The van der Waals surface area contributed by atoms with Crippen molar-refractivity contribution in [3.8, 4) is 23.0 Å². The van der Waals surface area contributed by atoms with E-state index in [0.717, 1.165) is 111 Å². The van der Waals surface area contributed by atoms with Gasteiger partial charge in [0.15, 0.2) is 0 Å². The molecular formula is C42H46N2O4. The molecule has 0 saturated heterocycles. The van der Waals surface area contributed by atoms with Gasteiger partial charge >= 0.3 is 0 Å². The van der Waals surface area contributed by atoms with E-state index in [1.807, 2.05) is 27.7 Å². The Balaban J connectivity index is 1.85. The quantitative estimate of drug-likeness (QED) is 0.112. The van der Waals surface area contributed by atoms with Gasteiger partial charge in [0.2, 0.25) is 0 Å². The van der Waals surface area contributed by atoms with E-state index in [1.54, 1.807) is 0 Å². The first-order valence-corrected chi connectivity index (χ1v) is 17.2. The highest BCUT2D eigenvalue weighted by atomic mass is 16.5. The predicted octanol–water partition coefficient (Wildman–Crippen LogP) is 10.7. The standard InChI is InChI=1S/C42H46N2O4/c1-13-45-31-17-27-23(9)43(21(5)6)24(10)28-19-33(47-15-3)39-40-34(48-16-4)20-30-26(12)44(22(7)8)25(11)29-18-32(46-14-2)38(42(40)36(29)30)37(31)41(39)35(27)28/h17-22H,9-16H2,1-8H3. The normalized spacial score (nSPS) is 14.6. The molecule has 2 aliphatic heterocycles. The van der Waals surface area contributed by atoms with Crippen LogP contribution in [0.2, 0.25) is 0 Å². The Morgan fingerprint density at radius 3 is 0.833 bits per heavy atom. The van der Waals surface area contributed by atoms with Gasteiger partial charge in [-0.3, -0.25) is 0 Å². The summed E-state index contributed by atoms with van der Waals surface area (Å²) in [5, 5.41) is 8.18. The van der Waals surface area contributed by atoms with E-state index in [-0.39, 0.29) is 12.1 Å². The average Bonchev–Trinajstić information content (AvgIpc) is 3.03. The number of benzene rings is 5. The first-order chi connectivity index (χ1) is 23.0. The Morgan fingerprint density at radius 2 is 0.646 bits per heavy atom. The van der Waals surface area contributed by atoms with Gasteiger partial charge in [-0.05, 0) is 79.7 Å². The summed E-state index contributed by atoms with van der Waals surface area (Å²) < 4.78 is 26.4. The zero-order valence-corrected chi connectivity index (χ0v) is 29.6. The summed E-state index contributed by atoms with van der Waals surface area (Å²) in [6.45, 7) is 37.2. The molecule has 0 amide bonds. The lowest BCUT2D eigenvalue weighted by molar-refractivity contribution is 0.340. The van der Waals surface area contributed by atoms with Crippen LogP contribution in [0, 0.1) is 0 Å². The van der Waals surface area contributed by atoms with Crippen molar-refractivity contribution in [1.29, 1.82) is 0 Å². The van der Waals surface area contributed by atoms with Crippen LogP contribution in [0.5, 0.6) is 23.0 Å². The van der Waals surface area contributed by atoms with Crippen LogP contribution in [0.25, 0.3) is 65.9 Å². The second-order valence-corrected chi connectivity index (χ2v) is 13.1. The van der Waals surface area contributed by atoms with Crippen LogP contribution in [0.4, 0.5) is 0 Å². The molecule has 0 saturated carbocycles. The van der Waals surface area contributed by atoms with Gasteiger partial charge in [0.25, 0.3) is 0 Å². The molecule has 0 fully saturated rings. The Morgan fingerprint density at radius 1 is 0.417 bits per heavy atom. The maximum atomic E-state index is 6.60. The van der Waals surface area contributed by atoms with Crippen molar-refractivity contribution in [2.45, 2.75) is 67.5 Å². The van der Waals surface area contributed by atoms with Crippen molar-refractivity contribution < 1.29 is 18.9 Å². The highest BCUT2D eigenvalue weighted by Crippen LogP contribution is 2.59. The van der Waals surface area contributed by atoms with Crippen LogP contribution >= 0.6 is 0 Å². The summed E-state index contributed by atoms with van der Waals surface area (Å²) in [5.74, 6) is 3.11. The minimum absolute atomic E-state index is 0.157. The van der Waals surface area contributed by atoms with Gasteiger partial charge in [0.05, 0.1) is 26.4 Å². The molecule has 2 heterocycles. The topological polar surface area (TPSA) is 43.4 Å². The van der Waals surface area contributed by atoms with Gasteiger partial charge in [0.1, 0.15) is 23.0 Å². The van der Waals surface area contributed by atoms with Crippen molar-refractivity contribution in [2.75, 3.05) is 26.4 Å². The number of hydrogen-bond acceptors (Lipinski definition) is 6. The summed E-state index contributed by atoms with van der Waals surface area (Å²) in [4.78, 5) is 4.42. The number of ether oxygens (including phenoxy) is 4. The molecule has 248 valence electrons. The van der Waals surface area contributed by atoms with Crippen LogP contribution in [-0.4, -0.2) is 48.3 Å². The van der Waals surface area contributed by atoms with E-state index in [1.165, 1.54) is 0 Å². The van der Waals surface area contributed by atoms with Crippen LogP contribution in [0.15, 0.2) is 50.6 Å². The minimum Gasteiger partial charge on any atom is -0.493 e. The molecule has 6 nitrogen and oxygen atoms in total. The zero-order chi connectivity index (χ0) is 34.3. The van der Waals surface area contributed by atoms with Gasteiger partial charge in [-0.25, -0.2) is 0 Å². The fraction of sp³-hybridized carbons (Fsp3) is 0.333. The Labute approximate surface area is 283 Å². The fourth-order valence-corrected chi connectivity index (χ4v) is 8.25. The summed E-state index contributed by atoms with van der Waals surface area (Å²) in [6.07, 6.45) is 0. The van der Waals surface area contributed by atoms with Gasteiger partial charge in [-0.15, -0.1) is 0 Å². The smallest absolute Gasteiger partial charge is 0.128 e. The molecule has 2 aliphatic rings. The lowest BCUT2D eigenvalue weighted by Crippen LogP contribution is -2.30. The lowest BCUT2D eigenvalue weighted by atomic mass is 9.79. The number of nitrogens with zero attached hydrogens (tertiary/aromatic N) is 2. The van der Waals surface area contributed by atoms with E-state index in [0.29, 0.717) is 26.4 Å². The number of rotatable bonds is 10. The molecule has 0 atom stereocenters. The Kier molecular flexibility index (Phi) is 7.54. The van der Waals surface area contributed by atoms with E-state index < -0.39 is 0 Å². The highest BCUT2D eigenvalue weighted by molar-refractivity contribution is 6.41. The van der Waals surface area contributed by atoms with Crippen molar-refractivity contribution in [3.05, 3.63) is 72.8 Å². The van der Waals surface area contributed by atoms with Gasteiger partial charge in [-0.1, -0.05) is 26.3 Å². The molecular weight excluding hydrogens is 596 g/mol. The molecule has 5 aromatic rings. The second kappa shape index (κ2) is 11.4. The molecule has 48 heavy (non-hydrogen) atoms. The molecule has 0 aliphatic carbocycles. The Hall–Kier alpha value is -4.84. The van der Waals surface area contributed by atoms with Gasteiger partial charge in [0, 0.05) is 100 Å². The summed E-state index contributed by atoms with van der Waals surface area (Å²) in [7, 11) is 0. The van der Waals surface area contributed by atoms with E-state index in [2.05, 4.69) is 88.1 Å². The monoisotopic (exact) mass is 642 g/mol. The molecule has 0 unspecified atom stereocenters. The first kappa shape index (κ1) is 31.7. The van der Waals surface area contributed by atoms with Crippen LogP contribution in [0.1, 0.15) is 77.6 Å². The first-order valence-electron chi connectivity index (χ1n) is 17.2. The molecule has 0 spiro atoms. The minimum atomic E-state index is 0.157. The SMILES string of the molecule is C=C1c2cc(OCC)c3c4c(OCC)cc5c6c(cc(OCC)c(c7c(OCC)cc(c2c37)C(=C)N1C(C)C)c64)C(=C)N(C(C)C)C5=C. The van der Waals surface area contributed by atoms with E-state index in [9.17, 15) is 0 Å². The molecule has 7 rings (SSSR count). The Bertz CT molecular complexity index is 1930. The molecule has 0 aromatic heterocycles. The van der Waals surface area contributed by atoms with Crippen LogP contribution in [-0.2, 0) is 0 Å². The maximum absolute atomic E-state index is 6.60. The van der Waals surface area contributed by atoms with Crippen LogP contribution in [0.3, 0.4) is 0 Å². The molecule has 0 bridgehead atoms. The highest BCUT2D eigenvalue weighted by Gasteiger charge is 2.36. The molecule has 0 radical (unpaired) electrons. The van der Waals surface area contributed by atoms with Crippen LogP contribution < -0.4 is 18.9 Å². The van der Waals surface area contributed by atoms with E-state index in [4.69, 9.17) is 18.9 Å². The molecule has 5 aromatic carbocycles. The lowest BCUT2D eigenvalue weighted by Gasteiger charge is -2.40. The molecule has 6 heteroatoms. The van der Waals surface area contributed by atoms with E-state index >= 15 is 0 Å². The summed E-state index contributed by atoms with van der Waals surface area (Å²) in [6, 6.07) is 8.97. The van der Waals surface area contributed by atoms with Gasteiger partial charge in [-0.2, -0.15) is 0 Å². The fourth-order valence-electron chi connectivity index (χ4n) is 8.25.